The van der Waals surface area contributed by atoms with Gasteiger partial charge in [0.2, 0.25) is 0 Å². The van der Waals surface area contributed by atoms with Crippen molar-refractivity contribution < 1.29 is 23.8 Å². The molecule has 0 saturated carbocycles. The molecule has 0 aliphatic rings. The Morgan fingerprint density at radius 2 is 1.58 bits per heavy atom. The van der Waals surface area contributed by atoms with Crippen LogP contribution >= 0.6 is 0 Å². The zero-order valence-electron chi connectivity index (χ0n) is 13.6. The Labute approximate surface area is 138 Å². The fraction of sp³-hybridized carbons (Fsp3) is 0.222. The van der Waals surface area contributed by atoms with Crippen molar-refractivity contribution in [2.45, 2.75) is 5.92 Å². The maximum atomic E-state index is 12.3. The number of carbonyl (C=O) groups is 2. The number of pyridine rings is 1. The third-order valence-electron chi connectivity index (χ3n) is 4.05. The highest BCUT2D eigenvalue weighted by molar-refractivity contribution is 6.08. The minimum atomic E-state index is -1.15. The topological polar surface area (TPSA) is 66.2 Å². The van der Waals surface area contributed by atoms with E-state index in [1.807, 2.05) is 40.9 Å². The van der Waals surface area contributed by atoms with Crippen LogP contribution in [-0.4, -0.2) is 37.7 Å². The monoisotopic (exact) mass is 327 g/mol. The first kappa shape index (κ1) is 15.9. The van der Waals surface area contributed by atoms with Crippen LogP contribution in [-0.2, 0) is 19.1 Å². The summed E-state index contributed by atoms with van der Waals surface area (Å²) in [6, 6.07) is 11.1. The van der Waals surface area contributed by atoms with Gasteiger partial charge in [0.15, 0.2) is 5.92 Å². The molecule has 0 amide bonds. The summed E-state index contributed by atoms with van der Waals surface area (Å²) in [5.41, 5.74) is 2.14. The molecule has 0 unspecified atom stereocenters. The predicted octanol–water partition coefficient (Wildman–Crippen LogP) is 2.53. The van der Waals surface area contributed by atoms with E-state index in [9.17, 15) is 9.59 Å². The lowest BCUT2D eigenvalue weighted by Crippen LogP contribution is -2.24. The fourth-order valence-electron chi connectivity index (χ4n) is 2.94. The number of hydrogen-bond donors (Lipinski definition) is 0. The van der Waals surface area contributed by atoms with Gasteiger partial charge in [-0.3, -0.25) is 9.59 Å². The van der Waals surface area contributed by atoms with Gasteiger partial charge in [0.05, 0.1) is 38.6 Å². The maximum Gasteiger partial charge on any atom is 0.324 e. The zero-order valence-corrected chi connectivity index (χ0v) is 13.6. The molecule has 0 aliphatic heterocycles. The summed E-state index contributed by atoms with van der Waals surface area (Å²) in [4.78, 5) is 24.5. The van der Waals surface area contributed by atoms with Crippen molar-refractivity contribution >= 4 is 28.4 Å². The Bertz CT molecular complexity index is 912. The molecule has 124 valence electrons. The summed E-state index contributed by atoms with van der Waals surface area (Å²) in [5.74, 6) is -1.79. The van der Waals surface area contributed by atoms with Gasteiger partial charge in [-0.05, 0) is 18.2 Å². The van der Waals surface area contributed by atoms with Crippen LogP contribution in [0.3, 0.4) is 0 Å². The van der Waals surface area contributed by atoms with Crippen molar-refractivity contribution in [1.29, 1.82) is 0 Å². The van der Waals surface area contributed by atoms with Gasteiger partial charge >= 0.3 is 11.9 Å². The van der Waals surface area contributed by atoms with E-state index in [4.69, 9.17) is 14.2 Å². The van der Waals surface area contributed by atoms with Crippen LogP contribution in [0.25, 0.3) is 16.4 Å². The molecule has 0 N–H and O–H groups in total. The molecule has 2 heterocycles. The van der Waals surface area contributed by atoms with E-state index < -0.39 is 17.9 Å². The number of hydrogen-bond acceptors (Lipinski definition) is 5. The molecule has 0 aliphatic carbocycles. The van der Waals surface area contributed by atoms with Crippen molar-refractivity contribution in [2.75, 3.05) is 21.3 Å². The lowest BCUT2D eigenvalue weighted by molar-refractivity contribution is -0.154. The van der Waals surface area contributed by atoms with Crippen molar-refractivity contribution in [3.05, 3.63) is 48.2 Å². The summed E-state index contributed by atoms with van der Waals surface area (Å²) < 4.78 is 16.8. The Morgan fingerprint density at radius 1 is 0.917 bits per heavy atom. The van der Waals surface area contributed by atoms with E-state index in [-0.39, 0.29) is 0 Å². The third-order valence-corrected chi connectivity index (χ3v) is 4.05. The number of aromatic nitrogens is 1. The van der Waals surface area contributed by atoms with Gasteiger partial charge < -0.3 is 18.6 Å². The molecule has 1 aromatic carbocycles. The third kappa shape index (κ3) is 2.36. The van der Waals surface area contributed by atoms with Crippen LogP contribution in [0, 0.1) is 0 Å². The number of nitrogens with zero attached hydrogens (tertiary/aromatic N) is 1. The Balaban J connectivity index is 2.39. The molecule has 24 heavy (non-hydrogen) atoms. The standard InChI is InChI=1S/C18H17NO5/c1-22-11-8-9-14-15(16(17(20)23-2)18(21)24-3)12-6-4-5-7-13(12)19(14)10-11/h4-10,16H,1-3H3. The van der Waals surface area contributed by atoms with E-state index in [1.54, 1.807) is 13.2 Å². The molecule has 0 spiro atoms. The average Bonchev–Trinajstić information content (AvgIpc) is 2.95. The number of fused-ring (bicyclic) bond motifs is 3. The van der Waals surface area contributed by atoms with Crippen LogP contribution in [0.1, 0.15) is 11.5 Å². The quantitative estimate of drug-likeness (QED) is 0.544. The zero-order chi connectivity index (χ0) is 17.3. The van der Waals surface area contributed by atoms with Gasteiger partial charge in [0.1, 0.15) is 5.75 Å². The van der Waals surface area contributed by atoms with Crippen LogP contribution in [0.15, 0.2) is 42.6 Å². The highest BCUT2D eigenvalue weighted by Gasteiger charge is 2.34. The summed E-state index contributed by atoms with van der Waals surface area (Å²) in [6.45, 7) is 0. The number of methoxy groups -OCH3 is 3. The molecule has 3 aromatic rings. The number of carbonyl (C=O) groups excluding carboxylic acids is 2. The minimum Gasteiger partial charge on any atom is -0.495 e. The minimum absolute atomic E-state index is 0.562. The van der Waals surface area contributed by atoms with E-state index in [1.165, 1.54) is 14.2 Å². The molecule has 0 saturated heterocycles. The highest BCUT2D eigenvalue weighted by atomic mass is 16.5. The summed E-state index contributed by atoms with van der Waals surface area (Å²) in [5, 5.41) is 0.784. The van der Waals surface area contributed by atoms with Crippen molar-refractivity contribution in [1.82, 2.24) is 4.40 Å². The Kier molecular flexibility index (Phi) is 4.12. The SMILES string of the molecule is COC(=O)C(C(=O)OC)c1c2ccccc2n2cc(OC)ccc12. The van der Waals surface area contributed by atoms with E-state index in [2.05, 4.69) is 0 Å². The number of rotatable bonds is 4. The first-order chi connectivity index (χ1) is 11.6. The molecule has 0 atom stereocenters. The van der Waals surface area contributed by atoms with Crippen molar-refractivity contribution in [2.24, 2.45) is 0 Å². The van der Waals surface area contributed by atoms with Gasteiger partial charge in [0, 0.05) is 10.9 Å². The van der Waals surface area contributed by atoms with Crippen molar-refractivity contribution in [3.8, 4) is 5.75 Å². The molecule has 2 aromatic heterocycles. The maximum absolute atomic E-state index is 12.3. The molecule has 6 heteroatoms. The summed E-state index contributed by atoms with van der Waals surface area (Å²) >= 11 is 0. The normalized spacial score (nSPS) is 11.0. The molecular formula is C18H17NO5. The van der Waals surface area contributed by atoms with Gasteiger partial charge in [-0.2, -0.15) is 0 Å². The molecule has 6 nitrogen and oxygen atoms in total. The van der Waals surface area contributed by atoms with Gasteiger partial charge in [-0.15, -0.1) is 0 Å². The van der Waals surface area contributed by atoms with Gasteiger partial charge in [-0.25, -0.2) is 0 Å². The van der Waals surface area contributed by atoms with E-state index in [0.717, 1.165) is 16.4 Å². The van der Waals surface area contributed by atoms with Crippen LogP contribution in [0.5, 0.6) is 5.75 Å². The number of ether oxygens (including phenoxy) is 3. The summed E-state index contributed by atoms with van der Waals surface area (Å²) in [7, 11) is 4.09. The molecule has 3 rings (SSSR count). The average molecular weight is 327 g/mol. The molecular weight excluding hydrogens is 310 g/mol. The second-order valence-corrected chi connectivity index (χ2v) is 5.23. The van der Waals surface area contributed by atoms with Gasteiger partial charge in [-0.1, -0.05) is 18.2 Å². The van der Waals surface area contributed by atoms with Crippen LogP contribution < -0.4 is 4.74 Å². The van der Waals surface area contributed by atoms with E-state index in [0.29, 0.717) is 11.3 Å². The first-order valence-corrected chi connectivity index (χ1v) is 7.34. The first-order valence-electron chi connectivity index (χ1n) is 7.34. The van der Waals surface area contributed by atoms with Gasteiger partial charge in [0.25, 0.3) is 0 Å². The Hall–Kier alpha value is -3.02. The van der Waals surface area contributed by atoms with E-state index >= 15 is 0 Å². The molecule has 0 radical (unpaired) electrons. The second kappa shape index (κ2) is 6.23. The fourth-order valence-corrected chi connectivity index (χ4v) is 2.94. The van der Waals surface area contributed by atoms with Crippen molar-refractivity contribution in [3.63, 3.8) is 0 Å². The molecule has 0 bridgehead atoms. The highest BCUT2D eigenvalue weighted by Crippen LogP contribution is 2.35. The largest absolute Gasteiger partial charge is 0.495 e. The number of benzene rings is 1. The Morgan fingerprint density at radius 3 is 2.21 bits per heavy atom. The van der Waals surface area contributed by atoms with Crippen LogP contribution in [0.2, 0.25) is 0 Å². The predicted molar refractivity (Wildman–Crippen MR) is 88.2 cm³/mol. The number of para-hydroxylation sites is 1. The lowest BCUT2D eigenvalue weighted by Gasteiger charge is -2.13. The lowest BCUT2D eigenvalue weighted by atomic mass is 9.96. The second-order valence-electron chi connectivity index (χ2n) is 5.23. The summed E-state index contributed by atoms with van der Waals surface area (Å²) in [6.07, 6.45) is 1.81. The smallest absolute Gasteiger partial charge is 0.324 e. The molecule has 0 fully saturated rings. The van der Waals surface area contributed by atoms with Crippen LogP contribution in [0.4, 0.5) is 0 Å². The number of esters is 2.